The first kappa shape index (κ1) is 16.9. The molecule has 2 aliphatic rings. The molecule has 3 atom stereocenters. The lowest BCUT2D eigenvalue weighted by Gasteiger charge is -2.12. The van der Waals surface area contributed by atoms with Crippen LogP contribution in [0.15, 0.2) is 12.1 Å². The predicted molar refractivity (Wildman–Crippen MR) is 84.6 cm³/mol. The number of hydrogen-bond donors (Lipinski definition) is 2. The molecule has 2 N–H and O–H groups in total. The summed E-state index contributed by atoms with van der Waals surface area (Å²) in [4.78, 5) is 9.38. The van der Waals surface area contributed by atoms with Gasteiger partial charge in [-0.25, -0.2) is 0 Å². The van der Waals surface area contributed by atoms with Gasteiger partial charge in [0.1, 0.15) is 11.8 Å². The summed E-state index contributed by atoms with van der Waals surface area (Å²) in [5, 5.41) is 15.7. The van der Waals surface area contributed by atoms with Crippen molar-refractivity contribution in [3.05, 3.63) is 28.3 Å². The lowest BCUT2D eigenvalue weighted by atomic mass is 9.91. The molecule has 1 amide bonds. The average molecular weight is 326 g/mol. The monoisotopic (exact) mass is 325 g/mol. The van der Waals surface area contributed by atoms with Crippen molar-refractivity contribution in [3.63, 3.8) is 0 Å². The Morgan fingerprint density at radius 1 is 1.50 bits per heavy atom. The highest BCUT2D eigenvalue weighted by Crippen LogP contribution is 2.52. The fourth-order valence-corrected chi connectivity index (χ4v) is 3.82. The summed E-state index contributed by atoms with van der Waals surface area (Å²) in [5.74, 6) is 2.70. The third-order valence-corrected chi connectivity index (χ3v) is 4.87. The van der Waals surface area contributed by atoms with E-state index in [9.17, 15) is 9.90 Å². The van der Waals surface area contributed by atoms with Crippen molar-refractivity contribution in [2.24, 2.45) is 5.92 Å². The Labute approximate surface area is 136 Å². The van der Waals surface area contributed by atoms with Crippen LogP contribution < -0.4 is 20.5 Å². The third kappa shape index (κ3) is 3.15. The zero-order valence-corrected chi connectivity index (χ0v) is 13.9. The van der Waals surface area contributed by atoms with Gasteiger partial charge in [0.05, 0.1) is 12.1 Å². The number of hydrogen-bond acceptors (Lipinski definition) is 4. The summed E-state index contributed by atoms with van der Waals surface area (Å²) >= 11 is 6.43. The second-order valence-corrected chi connectivity index (χ2v) is 6.00. The van der Waals surface area contributed by atoms with Crippen LogP contribution in [-0.2, 0) is 0 Å². The SMILES string of the molecule is CCNC(=O)[O-].COc1ccc2c(c1Cl)C1CNCC1C2C. The van der Waals surface area contributed by atoms with Crippen molar-refractivity contribution < 1.29 is 14.6 Å². The molecule has 0 radical (unpaired) electrons. The van der Waals surface area contributed by atoms with Crippen molar-refractivity contribution in [2.75, 3.05) is 26.7 Å². The molecular weight excluding hydrogens is 304 g/mol. The highest BCUT2D eigenvalue weighted by molar-refractivity contribution is 6.33. The quantitative estimate of drug-likeness (QED) is 0.868. The van der Waals surface area contributed by atoms with Gasteiger partial charge in [-0.05, 0) is 42.5 Å². The number of carboxylic acid groups (broad SMARTS) is 1. The topological polar surface area (TPSA) is 73.4 Å². The normalized spacial score (nSPS) is 24.8. The van der Waals surface area contributed by atoms with Gasteiger partial charge in [-0.1, -0.05) is 24.6 Å². The molecule has 22 heavy (non-hydrogen) atoms. The number of amides is 1. The first-order chi connectivity index (χ1) is 10.5. The Morgan fingerprint density at radius 3 is 2.77 bits per heavy atom. The summed E-state index contributed by atoms with van der Waals surface area (Å²) in [6, 6.07) is 4.18. The van der Waals surface area contributed by atoms with E-state index >= 15 is 0 Å². The van der Waals surface area contributed by atoms with Crippen molar-refractivity contribution >= 4 is 17.7 Å². The molecule has 1 heterocycles. The lowest BCUT2D eigenvalue weighted by molar-refractivity contribution is -0.250. The number of rotatable bonds is 2. The first-order valence-electron chi connectivity index (χ1n) is 7.53. The highest BCUT2D eigenvalue weighted by Gasteiger charge is 2.42. The second-order valence-electron chi connectivity index (χ2n) is 5.62. The lowest BCUT2D eigenvalue weighted by Crippen LogP contribution is -2.35. The molecule has 1 aliphatic heterocycles. The van der Waals surface area contributed by atoms with E-state index in [1.807, 2.05) is 11.4 Å². The number of halogens is 1. The van der Waals surface area contributed by atoms with Gasteiger partial charge in [-0.2, -0.15) is 0 Å². The van der Waals surface area contributed by atoms with Crippen LogP contribution in [0.1, 0.15) is 36.8 Å². The van der Waals surface area contributed by atoms with Gasteiger partial charge in [0, 0.05) is 19.0 Å². The summed E-state index contributed by atoms with van der Waals surface area (Å²) in [6.45, 7) is 6.57. The summed E-state index contributed by atoms with van der Waals surface area (Å²) in [5.41, 5.74) is 2.74. The number of ether oxygens (including phenoxy) is 1. The molecule has 0 bridgehead atoms. The van der Waals surface area contributed by atoms with Crippen LogP contribution in [0.2, 0.25) is 5.02 Å². The molecule has 0 aromatic heterocycles. The number of carbonyl (C=O) groups excluding carboxylic acids is 1. The fraction of sp³-hybridized carbons (Fsp3) is 0.562. The Bertz CT molecular complexity index is 550. The van der Waals surface area contributed by atoms with E-state index < -0.39 is 6.09 Å². The van der Waals surface area contributed by atoms with Crippen LogP contribution in [-0.4, -0.2) is 32.8 Å². The molecule has 1 fully saturated rings. The largest absolute Gasteiger partial charge is 0.530 e. The molecule has 1 aromatic carbocycles. The van der Waals surface area contributed by atoms with Crippen molar-refractivity contribution in [3.8, 4) is 5.75 Å². The van der Waals surface area contributed by atoms with E-state index in [-0.39, 0.29) is 0 Å². The number of carbonyl (C=O) groups is 1. The van der Waals surface area contributed by atoms with Crippen molar-refractivity contribution in [2.45, 2.75) is 25.7 Å². The molecule has 5 nitrogen and oxygen atoms in total. The molecule has 3 unspecified atom stereocenters. The van der Waals surface area contributed by atoms with Gasteiger partial charge in [0.15, 0.2) is 0 Å². The van der Waals surface area contributed by atoms with Gasteiger partial charge in [-0.3, -0.25) is 0 Å². The zero-order valence-electron chi connectivity index (χ0n) is 13.1. The minimum atomic E-state index is -1.21. The van der Waals surface area contributed by atoms with E-state index in [0.717, 1.165) is 23.9 Å². The Hall–Kier alpha value is -1.46. The summed E-state index contributed by atoms with van der Waals surface area (Å²) < 4.78 is 5.30. The molecule has 122 valence electrons. The van der Waals surface area contributed by atoms with Crippen LogP contribution in [0.4, 0.5) is 4.79 Å². The maximum atomic E-state index is 9.38. The zero-order chi connectivity index (χ0) is 16.3. The molecule has 1 aliphatic carbocycles. The molecule has 1 aromatic rings. The standard InChI is InChI=1S/C13H16ClNO.C3H7NO2/c1-7-8-3-4-11(16-2)13(14)12(8)10-6-15-5-9(7)10;1-2-4-3(5)6/h3-4,7,9-10,15H,5-6H2,1-2H3;4H,2H2,1H3,(H,5,6)/p-1. The fourth-order valence-electron chi connectivity index (χ4n) is 3.43. The maximum absolute atomic E-state index is 9.38. The highest BCUT2D eigenvalue weighted by atomic mass is 35.5. The van der Waals surface area contributed by atoms with Crippen LogP contribution in [0.5, 0.6) is 5.75 Å². The predicted octanol–water partition coefficient (Wildman–Crippen LogP) is 1.71. The number of methoxy groups -OCH3 is 1. The van der Waals surface area contributed by atoms with Crippen molar-refractivity contribution in [1.29, 1.82) is 0 Å². The van der Waals surface area contributed by atoms with Gasteiger partial charge in [0.25, 0.3) is 0 Å². The Kier molecular flexibility index (Phi) is 5.53. The van der Waals surface area contributed by atoms with Crippen LogP contribution in [0, 0.1) is 5.92 Å². The van der Waals surface area contributed by atoms with Crippen LogP contribution >= 0.6 is 11.6 Å². The van der Waals surface area contributed by atoms with E-state index in [0.29, 0.717) is 24.3 Å². The number of nitrogens with one attached hydrogen (secondary N) is 2. The Balaban J connectivity index is 0.000000254. The third-order valence-electron chi connectivity index (χ3n) is 4.48. The molecule has 0 spiro atoms. The van der Waals surface area contributed by atoms with E-state index in [1.165, 1.54) is 11.1 Å². The minimum Gasteiger partial charge on any atom is -0.530 e. The average Bonchev–Trinajstić information content (AvgIpc) is 3.04. The molecular formula is C16H22ClN2O3-. The van der Waals surface area contributed by atoms with E-state index in [2.05, 4.69) is 18.3 Å². The smallest absolute Gasteiger partial charge is 0.137 e. The first-order valence-corrected chi connectivity index (χ1v) is 7.90. The Morgan fingerprint density at radius 2 is 2.23 bits per heavy atom. The maximum Gasteiger partial charge on any atom is 0.137 e. The second kappa shape index (κ2) is 7.20. The number of benzene rings is 1. The summed E-state index contributed by atoms with van der Waals surface area (Å²) in [7, 11) is 1.68. The van der Waals surface area contributed by atoms with Crippen LogP contribution in [0.3, 0.4) is 0 Å². The van der Waals surface area contributed by atoms with Gasteiger partial charge in [-0.15, -0.1) is 0 Å². The molecule has 6 heteroatoms. The van der Waals surface area contributed by atoms with Crippen LogP contribution in [0.25, 0.3) is 0 Å². The molecule has 1 saturated heterocycles. The van der Waals surface area contributed by atoms with Gasteiger partial charge < -0.3 is 25.3 Å². The van der Waals surface area contributed by atoms with E-state index in [4.69, 9.17) is 16.3 Å². The summed E-state index contributed by atoms with van der Waals surface area (Å²) in [6.07, 6.45) is -1.21. The number of fused-ring (bicyclic) bond motifs is 3. The van der Waals surface area contributed by atoms with E-state index in [1.54, 1.807) is 14.0 Å². The van der Waals surface area contributed by atoms with Gasteiger partial charge in [0.2, 0.25) is 0 Å². The molecule has 3 rings (SSSR count). The molecule has 0 saturated carbocycles. The minimum absolute atomic E-state index is 0.419. The van der Waals surface area contributed by atoms with Gasteiger partial charge >= 0.3 is 0 Å². The van der Waals surface area contributed by atoms with Crippen molar-refractivity contribution in [1.82, 2.24) is 10.6 Å².